The first-order chi connectivity index (χ1) is 6.24. The zero-order valence-electron chi connectivity index (χ0n) is 8.50. The number of hydrogen-bond donors (Lipinski definition) is 0. The van der Waals surface area contributed by atoms with Gasteiger partial charge in [-0.05, 0) is 32.4 Å². The van der Waals surface area contributed by atoms with Crippen LogP contribution in [-0.4, -0.2) is 5.75 Å². The Bertz CT molecular complexity index is 300. The van der Waals surface area contributed by atoms with Gasteiger partial charge in [-0.15, -0.1) is 11.8 Å². The second-order valence-electron chi connectivity index (χ2n) is 3.19. The molecule has 0 atom stereocenters. The number of rotatable bonds is 3. The second kappa shape index (κ2) is 5.13. The zero-order valence-corrected chi connectivity index (χ0v) is 9.32. The third-order valence-electron chi connectivity index (χ3n) is 2.04. The molecule has 0 amide bonds. The van der Waals surface area contributed by atoms with E-state index in [1.54, 1.807) is 0 Å². The smallest absolute Gasteiger partial charge is 0.0187 e. The third-order valence-corrected chi connectivity index (χ3v) is 3.41. The van der Waals surface area contributed by atoms with Crippen LogP contribution in [0.2, 0.25) is 0 Å². The highest BCUT2D eigenvalue weighted by molar-refractivity contribution is 7.99. The van der Waals surface area contributed by atoms with Crippen LogP contribution in [0.5, 0.6) is 0 Å². The minimum atomic E-state index is 1.10. The highest BCUT2D eigenvalue weighted by Gasteiger charge is 1.97. The first kappa shape index (κ1) is 10.4. The maximum Gasteiger partial charge on any atom is 0.0187 e. The molecular weight excluding hydrogens is 176 g/mol. The van der Waals surface area contributed by atoms with Crippen LogP contribution >= 0.6 is 11.8 Å². The van der Waals surface area contributed by atoms with Crippen molar-refractivity contribution in [1.82, 2.24) is 0 Å². The van der Waals surface area contributed by atoms with E-state index < -0.39 is 0 Å². The lowest BCUT2D eigenvalue weighted by atomic mass is 10.2. The normalized spacial score (nSPS) is 11.8. The molecule has 0 aliphatic carbocycles. The molecule has 0 aromatic heterocycles. The average molecular weight is 192 g/mol. The van der Waals surface area contributed by atoms with Crippen molar-refractivity contribution in [1.29, 1.82) is 0 Å². The van der Waals surface area contributed by atoms with Crippen LogP contribution in [0.25, 0.3) is 0 Å². The topological polar surface area (TPSA) is 0 Å². The van der Waals surface area contributed by atoms with Crippen molar-refractivity contribution in [2.24, 2.45) is 0 Å². The molecule has 1 rings (SSSR count). The summed E-state index contributed by atoms with van der Waals surface area (Å²) in [6, 6.07) is 8.53. The van der Waals surface area contributed by atoms with Gasteiger partial charge in [0.15, 0.2) is 0 Å². The van der Waals surface area contributed by atoms with Crippen molar-refractivity contribution in [3.05, 3.63) is 41.5 Å². The lowest BCUT2D eigenvalue weighted by Gasteiger charge is -2.04. The highest BCUT2D eigenvalue weighted by atomic mass is 32.2. The molecule has 0 spiro atoms. The van der Waals surface area contributed by atoms with Crippen LogP contribution in [0.1, 0.15) is 19.4 Å². The van der Waals surface area contributed by atoms with Crippen molar-refractivity contribution in [3.8, 4) is 0 Å². The van der Waals surface area contributed by atoms with Gasteiger partial charge < -0.3 is 0 Å². The first-order valence-corrected chi connectivity index (χ1v) is 5.53. The number of thioether (sulfide) groups is 1. The van der Waals surface area contributed by atoms with Crippen LogP contribution in [0.15, 0.2) is 40.8 Å². The lowest BCUT2D eigenvalue weighted by Crippen LogP contribution is -1.83. The average Bonchev–Trinajstić information content (AvgIpc) is 2.16. The minimum absolute atomic E-state index is 1.10. The number of aryl methyl sites for hydroxylation is 1. The van der Waals surface area contributed by atoms with E-state index in [1.807, 2.05) is 11.8 Å². The van der Waals surface area contributed by atoms with Crippen molar-refractivity contribution < 1.29 is 0 Å². The number of hydrogen-bond acceptors (Lipinski definition) is 1. The summed E-state index contributed by atoms with van der Waals surface area (Å²) in [6.07, 6.45) is 2.17. The van der Waals surface area contributed by atoms with Gasteiger partial charge in [0.1, 0.15) is 0 Å². The lowest BCUT2D eigenvalue weighted by molar-refractivity contribution is 1.29. The van der Waals surface area contributed by atoms with E-state index in [4.69, 9.17) is 0 Å². The fraction of sp³-hybridized carbons (Fsp3) is 0.333. The van der Waals surface area contributed by atoms with E-state index in [2.05, 4.69) is 51.1 Å². The molecule has 0 saturated carbocycles. The van der Waals surface area contributed by atoms with Crippen molar-refractivity contribution in [2.45, 2.75) is 25.7 Å². The van der Waals surface area contributed by atoms with Gasteiger partial charge in [-0.2, -0.15) is 0 Å². The van der Waals surface area contributed by atoms with Crippen molar-refractivity contribution in [2.75, 3.05) is 5.75 Å². The van der Waals surface area contributed by atoms with Crippen molar-refractivity contribution >= 4 is 11.8 Å². The Balaban J connectivity index is 2.60. The van der Waals surface area contributed by atoms with Gasteiger partial charge in [0.25, 0.3) is 0 Å². The molecule has 1 aromatic rings. The summed E-state index contributed by atoms with van der Waals surface area (Å²) in [7, 11) is 0. The van der Waals surface area contributed by atoms with E-state index in [1.165, 1.54) is 16.0 Å². The predicted molar refractivity (Wildman–Crippen MR) is 61.3 cm³/mol. The fourth-order valence-corrected chi connectivity index (χ4v) is 2.01. The molecule has 0 bridgehead atoms. The maximum absolute atomic E-state index is 2.18. The molecule has 0 aliphatic rings. The van der Waals surface area contributed by atoms with E-state index in [0.717, 1.165) is 5.75 Å². The molecule has 0 radical (unpaired) electrons. The van der Waals surface area contributed by atoms with Gasteiger partial charge in [-0.3, -0.25) is 0 Å². The monoisotopic (exact) mass is 192 g/mol. The Kier molecular flexibility index (Phi) is 4.10. The summed E-state index contributed by atoms with van der Waals surface area (Å²) in [5, 5.41) is 0. The Morgan fingerprint density at radius 3 is 2.69 bits per heavy atom. The van der Waals surface area contributed by atoms with Crippen LogP contribution in [0.4, 0.5) is 0 Å². The fourth-order valence-electron chi connectivity index (χ4n) is 0.993. The summed E-state index contributed by atoms with van der Waals surface area (Å²) in [5.41, 5.74) is 2.81. The molecule has 0 heterocycles. The molecule has 0 saturated heterocycles. The Labute approximate surface area is 85.1 Å². The molecule has 13 heavy (non-hydrogen) atoms. The van der Waals surface area contributed by atoms with Gasteiger partial charge in [0, 0.05) is 10.6 Å². The standard InChI is InChI=1S/C12H16S/c1-4-10(2)9-13-12-8-6-5-7-11(12)3/h4-8H,9H2,1-3H3/b10-4+. The molecule has 0 aliphatic heterocycles. The molecule has 70 valence electrons. The summed E-state index contributed by atoms with van der Waals surface area (Å²) in [5.74, 6) is 1.10. The van der Waals surface area contributed by atoms with E-state index in [0.29, 0.717) is 0 Å². The van der Waals surface area contributed by atoms with Crippen LogP contribution in [-0.2, 0) is 0 Å². The zero-order chi connectivity index (χ0) is 9.68. The van der Waals surface area contributed by atoms with E-state index >= 15 is 0 Å². The van der Waals surface area contributed by atoms with Gasteiger partial charge in [0.2, 0.25) is 0 Å². The SMILES string of the molecule is C/C=C(\C)CSc1ccccc1C. The quantitative estimate of drug-likeness (QED) is 0.514. The summed E-state index contributed by atoms with van der Waals surface area (Å²) < 4.78 is 0. The molecule has 0 unspecified atom stereocenters. The largest absolute Gasteiger partial charge is 0.121 e. The maximum atomic E-state index is 2.18. The summed E-state index contributed by atoms with van der Waals surface area (Å²) >= 11 is 1.91. The molecule has 0 fully saturated rings. The second-order valence-corrected chi connectivity index (χ2v) is 4.21. The summed E-state index contributed by atoms with van der Waals surface area (Å²) in [6.45, 7) is 6.42. The Morgan fingerprint density at radius 1 is 1.38 bits per heavy atom. The Hall–Kier alpha value is -0.690. The van der Waals surface area contributed by atoms with Gasteiger partial charge in [-0.1, -0.05) is 29.8 Å². The minimum Gasteiger partial charge on any atom is -0.121 e. The predicted octanol–water partition coefficient (Wildman–Crippen LogP) is 4.05. The van der Waals surface area contributed by atoms with Crippen LogP contribution in [0.3, 0.4) is 0 Å². The molecule has 1 aromatic carbocycles. The molecule has 1 heteroatoms. The first-order valence-electron chi connectivity index (χ1n) is 4.54. The molecule has 0 nitrogen and oxygen atoms in total. The highest BCUT2D eigenvalue weighted by Crippen LogP contribution is 2.23. The van der Waals surface area contributed by atoms with E-state index in [-0.39, 0.29) is 0 Å². The van der Waals surface area contributed by atoms with Crippen molar-refractivity contribution in [3.63, 3.8) is 0 Å². The van der Waals surface area contributed by atoms with Gasteiger partial charge in [0.05, 0.1) is 0 Å². The molecular formula is C12H16S. The van der Waals surface area contributed by atoms with E-state index in [9.17, 15) is 0 Å². The number of allylic oxidation sites excluding steroid dienone is 1. The van der Waals surface area contributed by atoms with Gasteiger partial charge >= 0.3 is 0 Å². The van der Waals surface area contributed by atoms with Crippen LogP contribution < -0.4 is 0 Å². The number of benzene rings is 1. The van der Waals surface area contributed by atoms with Crippen LogP contribution in [0, 0.1) is 6.92 Å². The summed E-state index contributed by atoms with van der Waals surface area (Å²) in [4.78, 5) is 1.39. The third kappa shape index (κ3) is 3.27. The molecule has 0 N–H and O–H groups in total. The Morgan fingerprint density at radius 2 is 2.08 bits per heavy atom. The van der Waals surface area contributed by atoms with Gasteiger partial charge in [-0.25, -0.2) is 0 Å².